The van der Waals surface area contributed by atoms with E-state index in [1.165, 1.54) is 34.5 Å². The summed E-state index contributed by atoms with van der Waals surface area (Å²) in [6.07, 6.45) is 2.36. The fourth-order valence-electron chi connectivity index (χ4n) is 3.01. The minimum atomic E-state index is 0.482. The van der Waals surface area contributed by atoms with Crippen LogP contribution < -0.4 is 0 Å². The Hall–Kier alpha value is -1.45. The Morgan fingerprint density at radius 3 is 2.71 bits per heavy atom. The van der Waals surface area contributed by atoms with Gasteiger partial charge in [0, 0.05) is 21.3 Å². The van der Waals surface area contributed by atoms with E-state index in [0.717, 1.165) is 10.2 Å². The molecule has 0 saturated carbocycles. The lowest BCUT2D eigenvalue weighted by Gasteiger charge is -2.07. The monoisotopic (exact) mass is 355 g/mol. The van der Waals surface area contributed by atoms with Gasteiger partial charge in [0.15, 0.2) is 0 Å². The van der Waals surface area contributed by atoms with Crippen molar-refractivity contribution in [1.29, 1.82) is 0 Å². The highest BCUT2D eigenvalue weighted by Gasteiger charge is 2.25. The van der Waals surface area contributed by atoms with Crippen LogP contribution in [0, 0.1) is 0 Å². The molecule has 1 heterocycles. The molecule has 3 aromatic rings. The van der Waals surface area contributed by atoms with Crippen LogP contribution in [0.4, 0.5) is 0 Å². The maximum absolute atomic E-state index is 4.89. The molecule has 1 unspecified atom stereocenters. The average molecular weight is 356 g/mol. The van der Waals surface area contributed by atoms with Gasteiger partial charge in [-0.05, 0) is 36.1 Å². The molecule has 0 spiro atoms. The Morgan fingerprint density at radius 1 is 1.05 bits per heavy atom. The Kier molecular flexibility index (Phi) is 3.40. The van der Waals surface area contributed by atoms with Crippen molar-refractivity contribution >= 4 is 27.3 Å². The summed E-state index contributed by atoms with van der Waals surface area (Å²) in [5, 5.41) is 3.43. The number of hydrogen-bond acceptors (Lipinski definition) is 2. The summed E-state index contributed by atoms with van der Waals surface area (Å²) in [4.78, 5) is 4.89. The van der Waals surface area contributed by atoms with Crippen molar-refractivity contribution < 1.29 is 0 Å². The second-order valence-electron chi connectivity index (χ2n) is 5.37. The molecule has 0 saturated heterocycles. The third kappa shape index (κ3) is 2.45. The molecule has 4 rings (SSSR count). The van der Waals surface area contributed by atoms with Crippen LogP contribution in [0.25, 0.3) is 11.3 Å². The van der Waals surface area contributed by atoms with Crippen molar-refractivity contribution in [3.05, 3.63) is 74.5 Å². The van der Waals surface area contributed by atoms with Gasteiger partial charge in [-0.15, -0.1) is 11.3 Å². The summed E-state index contributed by atoms with van der Waals surface area (Å²) >= 11 is 5.26. The molecule has 0 radical (unpaired) electrons. The number of aromatic nitrogens is 1. The summed E-state index contributed by atoms with van der Waals surface area (Å²) in [5.41, 5.74) is 5.23. The summed E-state index contributed by atoms with van der Waals surface area (Å²) in [6.45, 7) is 0. The second-order valence-corrected chi connectivity index (χ2v) is 7.17. The van der Waals surface area contributed by atoms with Gasteiger partial charge in [0.1, 0.15) is 5.01 Å². The summed E-state index contributed by atoms with van der Waals surface area (Å²) < 4.78 is 1.10. The number of benzene rings is 2. The first kappa shape index (κ1) is 13.2. The van der Waals surface area contributed by atoms with Crippen molar-refractivity contribution in [2.45, 2.75) is 18.8 Å². The zero-order valence-corrected chi connectivity index (χ0v) is 13.8. The molecule has 1 atom stereocenters. The number of aryl methyl sites for hydroxylation is 1. The fourth-order valence-corrected chi connectivity index (χ4v) is 4.26. The summed E-state index contributed by atoms with van der Waals surface area (Å²) in [6, 6.07) is 17.2. The van der Waals surface area contributed by atoms with E-state index in [1.54, 1.807) is 11.3 Å². The van der Waals surface area contributed by atoms with E-state index in [4.69, 9.17) is 4.98 Å². The first-order valence-corrected chi connectivity index (χ1v) is 8.78. The second kappa shape index (κ2) is 5.39. The predicted octanol–water partition coefficient (Wildman–Crippen LogP) is 5.65. The molecular weight excluding hydrogens is 342 g/mol. The molecule has 104 valence electrons. The zero-order chi connectivity index (χ0) is 14.2. The number of halogens is 1. The summed E-state index contributed by atoms with van der Waals surface area (Å²) in [7, 11) is 0. The maximum Gasteiger partial charge on any atom is 0.101 e. The summed E-state index contributed by atoms with van der Waals surface area (Å²) in [5.74, 6) is 0.482. The minimum absolute atomic E-state index is 0.482. The van der Waals surface area contributed by atoms with Crippen LogP contribution in [0.3, 0.4) is 0 Å². The molecule has 0 aliphatic heterocycles. The van der Waals surface area contributed by atoms with Gasteiger partial charge >= 0.3 is 0 Å². The highest BCUT2D eigenvalue weighted by molar-refractivity contribution is 9.10. The Balaban J connectivity index is 1.68. The molecule has 1 aliphatic carbocycles. The average Bonchev–Trinajstić information content (AvgIpc) is 3.14. The van der Waals surface area contributed by atoms with Crippen molar-refractivity contribution in [2.75, 3.05) is 0 Å². The lowest BCUT2D eigenvalue weighted by Crippen LogP contribution is -1.95. The number of fused-ring (bicyclic) bond motifs is 1. The van der Waals surface area contributed by atoms with Gasteiger partial charge in [0.05, 0.1) is 5.69 Å². The van der Waals surface area contributed by atoms with Crippen molar-refractivity contribution in [1.82, 2.24) is 4.98 Å². The third-order valence-corrected chi connectivity index (χ3v) is 5.58. The van der Waals surface area contributed by atoms with Crippen LogP contribution in [0.2, 0.25) is 0 Å². The van der Waals surface area contributed by atoms with Crippen molar-refractivity contribution in [3.63, 3.8) is 0 Å². The molecule has 0 amide bonds. The van der Waals surface area contributed by atoms with Gasteiger partial charge in [-0.3, -0.25) is 0 Å². The third-order valence-electron chi connectivity index (χ3n) is 4.09. The molecular formula is C18H14BrNS. The van der Waals surface area contributed by atoms with Crippen LogP contribution in [0.5, 0.6) is 0 Å². The van der Waals surface area contributed by atoms with Gasteiger partial charge in [-0.1, -0.05) is 52.3 Å². The molecule has 2 aromatic carbocycles. The standard InChI is InChI=1S/C18H14BrNS/c19-14-8-5-13(6-9-14)17-11-21-18(20-17)16-10-7-12-3-1-2-4-15(12)16/h1-6,8-9,11,16H,7,10H2. The van der Waals surface area contributed by atoms with Crippen LogP contribution >= 0.6 is 27.3 Å². The highest BCUT2D eigenvalue weighted by atomic mass is 79.9. The quantitative estimate of drug-likeness (QED) is 0.578. The first-order chi connectivity index (χ1) is 10.3. The maximum atomic E-state index is 4.89. The van der Waals surface area contributed by atoms with E-state index >= 15 is 0 Å². The van der Waals surface area contributed by atoms with Crippen LogP contribution in [-0.4, -0.2) is 4.98 Å². The lowest BCUT2D eigenvalue weighted by atomic mass is 10.0. The molecule has 0 N–H and O–H groups in total. The molecule has 21 heavy (non-hydrogen) atoms. The predicted molar refractivity (Wildman–Crippen MR) is 91.9 cm³/mol. The number of nitrogens with zero attached hydrogens (tertiary/aromatic N) is 1. The van der Waals surface area contributed by atoms with Crippen LogP contribution in [-0.2, 0) is 6.42 Å². The SMILES string of the molecule is Brc1ccc(-c2csc(C3CCc4ccccc43)n2)cc1. The Morgan fingerprint density at radius 2 is 1.86 bits per heavy atom. The van der Waals surface area contributed by atoms with Crippen molar-refractivity contribution in [2.24, 2.45) is 0 Å². The number of thiazole rings is 1. The van der Waals surface area contributed by atoms with Crippen LogP contribution in [0.15, 0.2) is 58.4 Å². The van der Waals surface area contributed by atoms with E-state index in [0.29, 0.717) is 5.92 Å². The lowest BCUT2D eigenvalue weighted by molar-refractivity contribution is 0.781. The Bertz CT molecular complexity index is 776. The minimum Gasteiger partial charge on any atom is -0.241 e. The molecule has 0 fully saturated rings. The highest BCUT2D eigenvalue weighted by Crippen LogP contribution is 2.40. The molecule has 1 aliphatic rings. The van der Waals surface area contributed by atoms with E-state index in [9.17, 15) is 0 Å². The van der Waals surface area contributed by atoms with E-state index < -0.39 is 0 Å². The molecule has 1 aromatic heterocycles. The van der Waals surface area contributed by atoms with Gasteiger partial charge in [-0.2, -0.15) is 0 Å². The van der Waals surface area contributed by atoms with Gasteiger partial charge in [0.2, 0.25) is 0 Å². The van der Waals surface area contributed by atoms with Gasteiger partial charge < -0.3 is 0 Å². The normalized spacial score (nSPS) is 16.9. The van der Waals surface area contributed by atoms with Crippen LogP contribution in [0.1, 0.15) is 28.5 Å². The van der Waals surface area contributed by atoms with E-state index in [-0.39, 0.29) is 0 Å². The van der Waals surface area contributed by atoms with Gasteiger partial charge in [0.25, 0.3) is 0 Å². The molecule has 3 heteroatoms. The molecule has 0 bridgehead atoms. The zero-order valence-electron chi connectivity index (χ0n) is 11.4. The number of hydrogen-bond donors (Lipinski definition) is 0. The first-order valence-electron chi connectivity index (χ1n) is 7.10. The largest absolute Gasteiger partial charge is 0.241 e. The van der Waals surface area contributed by atoms with Gasteiger partial charge in [-0.25, -0.2) is 4.98 Å². The van der Waals surface area contributed by atoms with E-state index in [1.807, 2.05) is 0 Å². The van der Waals surface area contributed by atoms with Crippen molar-refractivity contribution in [3.8, 4) is 11.3 Å². The number of rotatable bonds is 2. The van der Waals surface area contributed by atoms with E-state index in [2.05, 4.69) is 69.8 Å². The smallest absolute Gasteiger partial charge is 0.101 e. The topological polar surface area (TPSA) is 12.9 Å². The fraction of sp³-hybridized carbons (Fsp3) is 0.167. The Labute approximate surface area is 136 Å². The molecule has 1 nitrogen and oxygen atoms in total.